The van der Waals surface area contributed by atoms with Gasteiger partial charge in [0.2, 0.25) is 0 Å². The van der Waals surface area contributed by atoms with E-state index in [1.54, 1.807) is 4.90 Å². The molecule has 0 aromatic heterocycles. The first kappa shape index (κ1) is 19.6. The average Bonchev–Trinajstić information content (AvgIpc) is 2.55. The molecule has 0 bridgehead atoms. The Hall–Kier alpha value is -1.75. The maximum atomic E-state index is 12.5. The number of methoxy groups -OCH3 is 1. The van der Waals surface area contributed by atoms with Crippen molar-refractivity contribution in [1.29, 1.82) is 0 Å². The molecule has 1 saturated heterocycles. The lowest BCUT2D eigenvalue weighted by Gasteiger charge is -2.40. The molecule has 0 radical (unpaired) electrons. The maximum Gasteiger partial charge on any atom is 0.410 e. The van der Waals surface area contributed by atoms with Gasteiger partial charge in [-0.3, -0.25) is 4.79 Å². The first-order chi connectivity index (χ1) is 11.6. The fraction of sp³-hybridized carbons (Fsp3) is 0.579. The fourth-order valence-electron chi connectivity index (χ4n) is 3.11. The summed E-state index contributed by atoms with van der Waals surface area (Å²) < 4.78 is 10.5. The molecule has 0 saturated carbocycles. The van der Waals surface area contributed by atoms with Crippen LogP contribution in [0.1, 0.15) is 39.2 Å². The highest BCUT2D eigenvalue weighted by Gasteiger charge is 2.43. The number of halogens is 1. The molecule has 1 aromatic carbocycles. The Morgan fingerprint density at radius 1 is 1.16 bits per heavy atom. The van der Waals surface area contributed by atoms with Crippen molar-refractivity contribution in [3.05, 3.63) is 34.9 Å². The number of ether oxygens (including phenoxy) is 2. The third kappa shape index (κ3) is 5.11. The highest BCUT2D eigenvalue weighted by molar-refractivity contribution is 6.30. The van der Waals surface area contributed by atoms with Gasteiger partial charge in [-0.15, -0.1) is 0 Å². The second kappa shape index (κ2) is 7.65. The molecule has 0 aliphatic carbocycles. The first-order valence-corrected chi connectivity index (χ1v) is 8.84. The molecule has 6 heteroatoms. The molecule has 1 heterocycles. The van der Waals surface area contributed by atoms with Crippen molar-refractivity contribution >= 4 is 23.7 Å². The predicted molar refractivity (Wildman–Crippen MR) is 96.6 cm³/mol. The van der Waals surface area contributed by atoms with E-state index in [9.17, 15) is 9.59 Å². The molecule has 0 atom stereocenters. The van der Waals surface area contributed by atoms with E-state index >= 15 is 0 Å². The van der Waals surface area contributed by atoms with Gasteiger partial charge >= 0.3 is 12.1 Å². The Kier molecular flexibility index (Phi) is 5.99. The minimum atomic E-state index is -0.624. The third-order valence-electron chi connectivity index (χ3n) is 4.45. The smallest absolute Gasteiger partial charge is 0.410 e. The van der Waals surface area contributed by atoms with Gasteiger partial charge in [-0.25, -0.2) is 4.79 Å². The van der Waals surface area contributed by atoms with Gasteiger partial charge in [-0.2, -0.15) is 0 Å². The van der Waals surface area contributed by atoms with Gasteiger partial charge in [-0.05, 0) is 57.7 Å². The quantitative estimate of drug-likeness (QED) is 0.755. The number of esters is 1. The minimum Gasteiger partial charge on any atom is -0.469 e. The summed E-state index contributed by atoms with van der Waals surface area (Å²) in [5.74, 6) is -0.230. The molecule has 1 aliphatic rings. The maximum absolute atomic E-state index is 12.5. The lowest BCUT2D eigenvalue weighted by molar-refractivity contribution is -0.155. The van der Waals surface area contributed by atoms with Crippen molar-refractivity contribution in [2.75, 3.05) is 20.2 Å². The second-order valence-electron chi connectivity index (χ2n) is 7.54. The van der Waals surface area contributed by atoms with E-state index in [0.29, 0.717) is 37.4 Å². The normalized spacial score (nSPS) is 17.1. The Morgan fingerprint density at radius 3 is 2.20 bits per heavy atom. The van der Waals surface area contributed by atoms with Crippen LogP contribution in [0.4, 0.5) is 4.79 Å². The molecule has 1 fully saturated rings. The Balaban J connectivity index is 2.09. The highest BCUT2D eigenvalue weighted by atomic mass is 35.5. The summed E-state index contributed by atoms with van der Waals surface area (Å²) in [4.78, 5) is 26.4. The number of hydrogen-bond acceptors (Lipinski definition) is 4. The van der Waals surface area contributed by atoms with Crippen molar-refractivity contribution < 1.29 is 19.1 Å². The molecule has 1 aromatic rings. The topological polar surface area (TPSA) is 55.8 Å². The van der Waals surface area contributed by atoms with Crippen LogP contribution in [0.2, 0.25) is 5.02 Å². The number of carbonyl (C=O) groups excluding carboxylic acids is 2. The Morgan fingerprint density at radius 2 is 1.72 bits per heavy atom. The number of rotatable bonds is 3. The van der Waals surface area contributed by atoms with Gasteiger partial charge in [-0.1, -0.05) is 23.7 Å². The largest absolute Gasteiger partial charge is 0.469 e. The predicted octanol–water partition coefficient (Wildman–Crippen LogP) is 4.07. The number of piperidine rings is 1. The lowest BCUT2D eigenvalue weighted by Crippen LogP contribution is -2.49. The van der Waals surface area contributed by atoms with Gasteiger partial charge in [0.1, 0.15) is 5.60 Å². The first-order valence-electron chi connectivity index (χ1n) is 8.46. The highest BCUT2D eigenvalue weighted by Crippen LogP contribution is 2.37. The minimum absolute atomic E-state index is 0.230. The van der Waals surface area contributed by atoms with Crippen LogP contribution in [0, 0.1) is 5.41 Å². The van der Waals surface area contributed by atoms with E-state index in [4.69, 9.17) is 21.1 Å². The van der Waals surface area contributed by atoms with E-state index in [1.807, 2.05) is 45.0 Å². The number of amides is 1. The van der Waals surface area contributed by atoms with Crippen LogP contribution in [0.5, 0.6) is 0 Å². The molecule has 5 nitrogen and oxygen atoms in total. The summed E-state index contributed by atoms with van der Waals surface area (Å²) in [6, 6.07) is 7.48. The average molecular weight is 368 g/mol. The van der Waals surface area contributed by atoms with Gasteiger partial charge in [0.05, 0.1) is 12.5 Å². The van der Waals surface area contributed by atoms with Crippen LogP contribution < -0.4 is 0 Å². The molecule has 1 aliphatic heterocycles. The van der Waals surface area contributed by atoms with Gasteiger partial charge in [0, 0.05) is 18.1 Å². The summed E-state index contributed by atoms with van der Waals surface area (Å²) >= 11 is 5.94. The Bertz CT molecular complexity index is 613. The summed E-state index contributed by atoms with van der Waals surface area (Å²) in [6.45, 7) is 6.46. The number of likely N-dealkylation sites (tertiary alicyclic amines) is 1. The second-order valence-corrected chi connectivity index (χ2v) is 7.98. The van der Waals surface area contributed by atoms with Crippen molar-refractivity contribution in [1.82, 2.24) is 4.90 Å². The van der Waals surface area contributed by atoms with Gasteiger partial charge in [0.15, 0.2) is 0 Å². The number of nitrogens with zero attached hydrogens (tertiary/aromatic N) is 1. The summed E-state index contributed by atoms with van der Waals surface area (Å²) in [6.07, 6.45) is 1.32. The Labute approximate surface area is 154 Å². The molecule has 138 valence electrons. The monoisotopic (exact) mass is 367 g/mol. The zero-order chi connectivity index (χ0) is 18.7. The van der Waals surface area contributed by atoms with Crippen molar-refractivity contribution in [3.8, 4) is 0 Å². The van der Waals surface area contributed by atoms with Gasteiger partial charge in [0.25, 0.3) is 0 Å². The van der Waals surface area contributed by atoms with Crippen LogP contribution >= 0.6 is 11.6 Å². The molecule has 0 spiro atoms. The number of benzene rings is 1. The molecule has 1 amide bonds. The molecule has 0 N–H and O–H groups in total. The van der Waals surface area contributed by atoms with Crippen molar-refractivity contribution in [3.63, 3.8) is 0 Å². The summed E-state index contributed by atoms with van der Waals surface area (Å²) in [7, 11) is 1.41. The third-order valence-corrected chi connectivity index (χ3v) is 4.70. The van der Waals surface area contributed by atoms with Crippen LogP contribution in [0.3, 0.4) is 0 Å². The molecule has 2 rings (SSSR count). The van der Waals surface area contributed by atoms with E-state index < -0.39 is 11.0 Å². The van der Waals surface area contributed by atoms with Crippen LogP contribution in [0.15, 0.2) is 24.3 Å². The zero-order valence-electron chi connectivity index (χ0n) is 15.3. The molecular formula is C19H26ClNO4. The standard InChI is InChI=1S/C19H26ClNO4/c1-18(2,3)25-17(23)21-11-9-19(10-12-21,16(22)24-4)13-14-5-7-15(20)8-6-14/h5-8H,9-13H2,1-4H3. The summed E-state index contributed by atoms with van der Waals surface area (Å²) in [5.41, 5.74) is -0.126. The summed E-state index contributed by atoms with van der Waals surface area (Å²) in [5, 5.41) is 0.663. The van der Waals surface area contributed by atoms with E-state index in [-0.39, 0.29) is 12.1 Å². The lowest BCUT2D eigenvalue weighted by atomic mass is 9.74. The van der Waals surface area contributed by atoms with Crippen molar-refractivity contribution in [2.45, 2.75) is 45.6 Å². The fourth-order valence-corrected chi connectivity index (χ4v) is 3.23. The number of hydrogen-bond donors (Lipinski definition) is 0. The van der Waals surface area contributed by atoms with Crippen molar-refractivity contribution in [2.24, 2.45) is 5.41 Å². The molecular weight excluding hydrogens is 342 g/mol. The molecule has 25 heavy (non-hydrogen) atoms. The van der Waals surface area contributed by atoms with E-state index in [1.165, 1.54) is 7.11 Å². The van der Waals surface area contributed by atoms with Crippen LogP contribution in [-0.2, 0) is 20.7 Å². The number of carbonyl (C=O) groups is 2. The van der Waals surface area contributed by atoms with E-state index in [0.717, 1.165) is 5.56 Å². The van der Waals surface area contributed by atoms with Gasteiger partial charge < -0.3 is 14.4 Å². The zero-order valence-corrected chi connectivity index (χ0v) is 16.1. The van der Waals surface area contributed by atoms with Crippen LogP contribution in [0.25, 0.3) is 0 Å². The molecule has 0 unspecified atom stereocenters. The van der Waals surface area contributed by atoms with Crippen LogP contribution in [-0.4, -0.2) is 42.8 Å². The van der Waals surface area contributed by atoms with E-state index in [2.05, 4.69) is 0 Å². The SMILES string of the molecule is COC(=O)C1(Cc2ccc(Cl)cc2)CCN(C(=O)OC(C)(C)C)CC1.